The van der Waals surface area contributed by atoms with Crippen molar-refractivity contribution in [1.82, 2.24) is 42.2 Å². The molecule has 0 saturated carbocycles. The topological polar surface area (TPSA) is 312 Å². The molecule has 0 bridgehead atoms. The number of aliphatic hydroxyl groups is 2. The van der Waals surface area contributed by atoms with Crippen LogP contribution in [0, 0.1) is 0 Å². The lowest BCUT2D eigenvalue weighted by atomic mass is 10.1. The van der Waals surface area contributed by atoms with Gasteiger partial charge < -0.3 is 58.9 Å². The fourth-order valence-electron chi connectivity index (χ4n) is 4.13. The van der Waals surface area contributed by atoms with Gasteiger partial charge in [0.15, 0.2) is 0 Å². The van der Waals surface area contributed by atoms with Gasteiger partial charge in [-0.2, -0.15) is 10.1 Å². The summed E-state index contributed by atoms with van der Waals surface area (Å²) in [4.78, 5) is 88.7. The highest BCUT2D eigenvalue weighted by atomic mass is 16.3. The van der Waals surface area contributed by atoms with E-state index in [-0.39, 0.29) is 45.3 Å². The van der Waals surface area contributed by atoms with Crippen LogP contribution in [0.25, 0.3) is 0 Å². The molecular formula is C29H53N11O9. The molecule has 0 rings (SSSR count). The van der Waals surface area contributed by atoms with Crippen LogP contribution in [0.3, 0.4) is 0 Å². The molecular weight excluding hydrogens is 646 g/mol. The molecule has 0 unspecified atom stereocenters. The van der Waals surface area contributed by atoms with E-state index < -0.39 is 84.4 Å². The summed E-state index contributed by atoms with van der Waals surface area (Å²) >= 11 is 0. The minimum absolute atomic E-state index is 0.0324. The Labute approximate surface area is 285 Å². The Morgan fingerprint density at radius 1 is 0.776 bits per heavy atom. The number of rotatable bonds is 23. The molecule has 6 atom stereocenters. The Morgan fingerprint density at radius 3 is 1.82 bits per heavy atom. The Kier molecular flexibility index (Phi) is 21.4. The Morgan fingerprint density at radius 2 is 1.33 bits per heavy atom. The molecule has 278 valence electrons. The number of allylic oxidation sites excluding steroid dienone is 1. The molecule has 0 spiro atoms. The van der Waals surface area contributed by atoms with Gasteiger partial charge in [-0.3, -0.25) is 28.8 Å². The average Bonchev–Trinajstić information content (AvgIpc) is 3.04. The lowest BCUT2D eigenvalue weighted by molar-refractivity contribution is -0.134. The van der Waals surface area contributed by atoms with Crippen molar-refractivity contribution in [3.8, 4) is 0 Å². The summed E-state index contributed by atoms with van der Waals surface area (Å²) < 4.78 is 0. The van der Waals surface area contributed by atoms with Gasteiger partial charge in [-0.15, -0.1) is 0 Å². The molecule has 0 aromatic rings. The van der Waals surface area contributed by atoms with Gasteiger partial charge in [0, 0.05) is 26.0 Å². The molecule has 0 aromatic carbocycles. The average molecular weight is 700 g/mol. The highest BCUT2D eigenvalue weighted by Crippen LogP contribution is 2.08. The van der Waals surface area contributed by atoms with E-state index in [1.165, 1.54) is 20.9 Å². The molecule has 20 heteroatoms. The van der Waals surface area contributed by atoms with Gasteiger partial charge in [0.2, 0.25) is 35.4 Å². The summed E-state index contributed by atoms with van der Waals surface area (Å²) in [5.74, 6) is -4.51. The van der Waals surface area contributed by atoms with Crippen LogP contribution in [-0.2, 0) is 28.8 Å². The molecule has 13 N–H and O–H groups in total. The Balaban J connectivity index is 5.65. The summed E-state index contributed by atoms with van der Waals surface area (Å²) in [6.07, 6.45) is -2.29. The zero-order valence-corrected chi connectivity index (χ0v) is 28.5. The predicted molar refractivity (Wildman–Crippen MR) is 179 cm³/mol. The van der Waals surface area contributed by atoms with Crippen molar-refractivity contribution in [2.45, 2.75) is 89.3 Å². The van der Waals surface area contributed by atoms with E-state index in [0.717, 1.165) is 5.01 Å². The molecule has 8 amide bonds. The zero-order valence-electron chi connectivity index (χ0n) is 28.5. The molecule has 0 aromatic heterocycles. The molecule has 0 radical (unpaired) electrons. The second-order valence-corrected chi connectivity index (χ2v) is 11.0. The summed E-state index contributed by atoms with van der Waals surface area (Å²) in [6.45, 7) is 10.6. The maximum Gasteiger partial charge on any atom is 0.342 e. The van der Waals surface area contributed by atoms with Crippen LogP contribution in [0.2, 0.25) is 0 Å². The summed E-state index contributed by atoms with van der Waals surface area (Å²) in [7, 11) is 1.37. The van der Waals surface area contributed by atoms with Crippen molar-refractivity contribution in [1.29, 1.82) is 0 Å². The first-order chi connectivity index (χ1) is 23.1. The predicted octanol–water partition coefficient (Wildman–Crippen LogP) is -4.42. The van der Waals surface area contributed by atoms with Crippen LogP contribution in [0.15, 0.2) is 17.4 Å². The summed E-state index contributed by atoms with van der Waals surface area (Å²) in [6, 6.07) is -5.96. The fourth-order valence-corrected chi connectivity index (χ4v) is 4.13. The number of urea groups is 1. The molecule has 0 aliphatic heterocycles. The molecule has 0 aliphatic rings. The maximum absolute atomic E-state index is 13.1. The second kappa shape index (κ2) is 23.6. The van der Waals surface area contributed by atoms with E-state index in [1.54, 1.807) is 6.92 Å². The number of hydrogen-bond acceptors (Lipinski definition) is 12. The van der Waals surface area contributed by atoms with Crippen molar-refractivity contribution >= 4 is 48.2 Å². The summed E-state index contributed by atoms with van der Waals surface area (Å²) in [5.41, 5.74) is 11.4. The summed E-state index contributed by atoms with van der Waals surface area (Å²) in [5, 5.41) is 40.9. The highest BCUT2D eigenvalue weighted by Gasteiger charge is 2.31. The monoisotopic (exact) mass is 699 g/mol. The van der Waals surface area contributed by atoms with Crippen LogP contribution in [0.1, 0.15) is 52.9 Å². The fraction of sp³-hybridized carbons (Fsp3) is 0.655. The second-order valence-electron chi connectivity index (χ2n) is 11.0. The highest BCUT2D eigenvalue weighted by molar-refractivity contribution is 5.95. The third-order valence-corrected chi connectivity index (χ3v) is 6.82. The number of hydrogen-bond donors (Lipinski definition) is 11. The van der Waals surface area contributed by atoms with Crippen LogP contribution >= 0.6 is 0 Å². The number of hydrazone groups is 1. The molecule has 0 saturated heterocycles. The Bertz CT molecular complexity index is 1170. The lowest BCUT2D eigenvalue weighted by Crippen LogP contribution is -2.59. The van der Waals surface area contributed by atoms with Crippen LogP contribution < -0.4 is 48.7 Å². The van der Waals surface area contributed by atoms with Gasteiger partial charge in [-0.1, -0.05) is 13.5 Å². The minimum Gasteiger partial charge on any atom is -0.393 e. The number of likely N-dealkylation sites (N-methyl/N-ethyl adjacent to an activating group) is 1. The number of carbonyl (C=O) groups excluding carboxylic acids is 7. The third-order valence-electron chi connectivity index (χ3n) is 6.82. The van der Waals surface area contributed by atoms with E-state index in [2.05, 4.69) is 55.6 Å². The van der Waals surface area contributed by atoms with Crippen molar-refractivity contribution < 1.29 is 43.8 Å². The van der Waals surface area contributed by atoms with Gasteiger partial charge in [-0.25, -0.2) is 4.79 Å². The lowest BCUT2D eigenvalue weighted by Gasteiger charge is -2.26. The molecule has 0 aliphatic carbocycles. The quantitative estimate of drug-likeness (QED) is 0.0357. The number of aliphatic hydroxyl groups excluding tert-OH is 2. The van der Waals surface area contributed by atoms with E-state index in [4.69, 9.17) is 11.5 Å². The van der Waals surface area contributed by atoms with Crippen molar-refractivity contribution in [2.75, 3.05) is 33.2 Å². The minimum atomic E-state index is -1.58. The van der Waals surface area contributed by atoms with Crippen LogP contribution in [0.4, 0.5) is 4.79 Å². The number of nitrogens with two attached hydrogens (primary N) is 2. The van der Waals surface area contributed by atoms with Gasteiger partial charge in [0.1, 0.15) is 24.2 Å². The third kappa shape index (κ3) is 16.8. The maximum atomic E-state index is 13.1. The van der Waals surface area contributed by atoms with E-state index >= 15 is 0 Å². The normalized spacial score (nSPS) is 14.3. The molecule has 0 heterocycles. The first-order valence-corrected chi connectivity index (χ1v) is 15.7. The van der Waals surface area contributed by atoms with E-state index in [1.807, 2.05) is 0 Å². The van der Waals surface area contributed by atoms with Gasteiger partial charge >= 0.3 is 6.03 Å². The standard InChI is InChI=1S/C29H53N11O9/c1-7-16(2)40(33-6)29(49)38-20(9-12-31)27(47)39-24(18(4)42)28(48)35-15-23(44)36-21(10-13-34-22(43)14-17(3)41)26(46)37-19(8-11-30)25(45)32-5/h17-21,24,41-42H,2,6-15,30-31H2,1,3-5H3,(H,32,45)(H,34,43)(H,35,48)(H,36,44)(H,37,46)(H,38,49)(H,39,47)/t17-,18-,19+,20+,21+,24+/m1/s1. The van der Waals surface area contributed by atoms with Crippen LogP contribution in [0.5, 0.6) is 0 Å². The zero-order chi connectivity index (χ0) is 37.7. The van der Waals surface area contributed by atoms with E-state index in [0.29, 0.717) is 12.1 Å². The van der Waals surface area contributed by atoms with Crippen molar-refractivity contribution in [3.05, 3.63) is 12.3 Å². The van der Waals surface area contributed by atoms with E-state index in [9.17, 15) is 43.8 Å². The van der Waals surface area contributed by atoms with Crippen molar-refractivity contribution in [2.24, 2.45) is 16.6 Å². The number of carbonyl (C=O) groups is 7. The number of amides is 8. The van der Waals surface area contributed by atoms with Gasteiger partial charge in [0.05, 0.1) is 25.2 Å². The smallest absolute Gasteiger partial charge is 0.342 e. The van der Waals surface area contributed by atoms with Crippen molar-refractivity contribution in [3.63, 3.8) is 0 Å². The SMILES string of the molecule is C=NN(C(=C)CC)C(=O)N[C@@H](CCN)C(=O)N[C@H](C(=O)NCC(=O)N[C@@H](CCNC(=O)C[C@@H](C)O)C(=O)N[C@@H](CCN)C(=O)NC)[C@@H](C)O. The molecule has 0 fully saturated rings. The Hall–Kier alpha value is -4.66. The molecule has 20 nitrogen and oxygen atoms in total. The first-order valence-electron chi connectivity index (χ1n) is 15.7. The van der Waals surface area contributed by atoms with Crippen LogP contribution in [-0.4, -0.2) is 133 Å². The number of nitrogens with zero attached hydrogens (tertiary/aromatic N) is 2. The first kappa shape index (κ1) is 44.3. The van der Waals surface area contributed by atoms with Gasteiger partial charge in [-0.05, 0) is 52.6 Å². The largest absolute Gasteiger partial charge is 0.393 e. The van der Waals surface area contributed by atoms with Gasteiger partial charge in [0.25, 0.3) is 0 Å². The number of nitrogens with one attached hydrogen (secondary N) is 7. The molecule has 49 heavy (non-hydrogen) atoms.